The van der Waals surface area contributed by atoms with Crippen LogP contribution < -0.4 is 9.47 Å². The molecule has 0 radical (unpaired) electrons. The number of ether oxygens (including phenoxy) is 2. The van der Waals surface area contributed by atoms with Crippen LogP contribution in [0.5, 0.6) is 11.5 Å². The van der Waals surface area contributed by atoms with Crippen molar-refractivity contribution in [1.82, 2.24) is 0 Å². The van der Waals surface area contributed by atoms with E-state index in [0.29, 0.717) is 6.10 Å². The Balaban J connectivity index is 2.31. The molecule has 0 spiro atoms. The van der Waals surface area contributed by atoms with Crippen molar-refractivity contribution in [2.75, 3.05) is 0 Å². The Bertz CT molecular complexity index is 445. The molecule has 0 aromatic heterocycles. The van der Waals surface area contributed by atoms with Crippen molar-refractivity contribution < 1.29 is 9.47 Å². The molecule has 2 heteroatoms. The minimum atomic E-state index is -0.210. The van der Waals surface area contributed by atoms with E-state index in [1.807, 2.05) is 0 Å². The van der Waals surface area contributed by atoms with Gasteiger partial charge in [-0.25, -0.2) is 0 Å². The fourth-order valence-electron chi connectivity index (χ4n) is 1.85. The van der Waals surface area contributed by atoms with Gasteiger partial charge >= 0.3 is 0 Å². The maximum atomic E-state index is 6.07. The Hall–Kier alpha value is -1.18. The second-order valence-corrected chi connectivity index (χ2v) is 7.44. The van der Waals surface area contributed by atoms with E-state index in [0.717, 1.165) is 24.3 Å². The summed E-state index contributed by atoms with van der Waals surface area (Å²) in [6, 6.07) is 6.33. The van der Waals surface area contributed by atoms with Crippen molar-refractivity contribution in [2.45, 2.75) is 71.5 Å². The first-order valence-electron chi connectivity index (χ1n) is 7.15. The molecule has 0 atom stereocenters. The molecule has 1 fully saturated rings. The molecule has 1 aliphatic carbocycles. The molecule has 2 nitrogen and oxygen atoms in total. The van der Waals surface area contributed by atoms with Crippen LogP contribution in [-0.2, 0) is 5.41 Å². The van der Waals surface area contributed by atoms with E-state index < -0.39 is 0 Å². The molecule has 0 saturated heterocycles. The highest BCUT2D eigenvalue weighted by Crippen LogP contribution is 2.38. The van der Waals surface area contributed by atoms with Crippen LogP contribution in [0.25, 0.3) is 0 Å². The van der Waals surface area contributed by atoms with Gasteiger partial charge in [0.25, 0.3) is 0 Å². The van der Waals surface area contributed by atoms with Gasteiger partial charge in [-0.05, 0) is 56.7 Å². The second kappa shape index (κ2) is 4.73. The number of hydrogen-bond donors (Lipinski definition) is 0. The lowest BCUT2D eigenvalue weighted by molar-refractivity contribution is 0.122. The molecule has 1 saturated carbocycles. The topological polar surface area (TPSA) is 18.5 Å². The zero-order chi connectivity index (χ0) is 14.3. The first-order chi connectivity index (χ1) is 8.65. The van der Waals surface area contributed by atoms with Gasteiger partial charge in [-0.1, -0.05) is 26.8 Å². The predicted molar refractivity (Wildman–Crippen MR) is 79.2 cm³/mol. The monoisotopic (exact) mass is 262 g/mol. The molecule has 1 aromatic carbocycles. The SMILES string of the molecule is CC(C)(C)Oc1cc(C(C)(C)C)ccc1OC1CC1. The van der Waals surface area contributed by atoms with E-state index in [1.54, 1.807) is 0 Å². The molecular formula is C17H26O2. The van der Waals surface area contributed by atoms with Crippen LogP contribution in [0.3, 0.4) is 0 Å². The summed E-state index contributed by atoms with van der Waals surface area (Å²) in [5.74, 6) is 1.75. The zero-order valence-corrected chi connectivity index (χ0v) is 13.0. The zero-order valence-electron chi connectivity index (χ0n) is 13.0. The molecule has 0 N–H and O–H groups in total. The lowest BCUT2D eigenvalue weighted by Crippen LogP contribution is -2.24. The van der Waals surface area contributed by atoms with Crippen molar-refractivity contribution in [3.8, 4) is 11.5 Å². The molecule has 0 bridgehead atoms. The van der Waals surface area contributed by atoms with Crippen molar-refractivity contribution in [1.29, 1.82) is 0 Å². The maximum Gasteiger partial charge on any atom is 0.162 e. The summed E-state index contributed by atoms with van der Waals surface area (Å²) in [6.07, 6.45) is 2.72. The molecule has 0 heterocycles. The van der Waals surface area contributed by atoms with E-state index in [4.69, 9.17) is 9.47 Å². The maximum absolute atomic E-state index is 6.07. The summed E-state index contributed by atoms with van der Waals surface area (Å²) < 4.78 is 12.0. The third kappa shape index (κ3) is 4.15. The Morgan fingerprint density at radius 1 is 0.947 bits per heavy atom. The predicted octanol–water partition coefficient (Wildman–Crippen LogP) is 4.70. The van der Waals surface area contributed by atoms with Gasteiger partial charge in [-0.3, -0.25) is 0 Å². The standard InChI is InChI=1S/C17H26O2/c1-16(2,3)12-7-10-14(18-13-8-9-13)15(11-12)19-17(4,5)6/h7,10-11,13H,8-9H2,1-6H3. The third-order valence-corrected chi connectivity index (χ3v) is 3.04. The fraction of sp³-hybridized carbons (Fsp3) is 0.647. The second-order valence-electron chi connectivity index (χ2n) is 7.44. The van der Waals surface area contributed by atoms with Crippen LogP contribution in [0.4, 0.5) is 0 Å². The van der Waals surface area contributed by atoms with E-state index >= 15 is 0 Å². The van der Waals surface area contributed by atoms with Gasteiger partial charge < -0.3 is 9.47 Å². The van der Waals surface area contributed by atoms with Crippen LogP contribution in [0.15, 0.2) is 18.2 Å². The number of hydrogen-bond acceptors (Lipinski definition) is 2. The summed E-state index contributed by atoms with van der Waals surface area (Å²) in [5.41, 5.74) is 1.18. The lowest BCUT2D eigenvalue weighted by Gasteiger charge is -2.26. The minimum absolute atomic E-state index is 0.119. The van der Waals surface area contributed by atoms with Crippen molar-refractivity contribution in [3.05, 3.63) is 23.8 Å². The highest BCUT2D eigenvalue weighted by atomic mass is 16.5. The van der Waals surface area contributed by atoms with Crippen LogP contribution in [0, 0.1) is 0 Å². The van der Waals surface area contributed by atoms with Gasteiger partial charge in [0, 0.05) is 0 Å². The first kappa shape index (κ1) is 14.2. The highest BCUT2D eigenvalue weighted by molar-refractivity contribution is 5.45. The van der Waals surface area contributed by atoms with Crippen LogP contribution in [0.1, 0.15) is 59.9 Å². The van der Waals surface area contributed by atoms with Gasteiger partial charge in [0.05, 0.1) is 6.10 Å². The van der Waals surface area contributed by atoms with Gasteiger partial charge in [-0.15, -0.1) is 0 Å². The molecule has 1 aromatic rings. The van der Waals surface area contributed by atoms with Crippen molar-refractivity contribution in [2.24, 2.45) is 0 Å². The molecule has 0 aliphatic heterocycles. The summed E-state index contributed by atoms with van der Waals surface area (Å²) >= 11 is 0. The molecule has 2 rings (SSSR count). The third-order valence-electron chi connectivity index (χ3n) is 3.04. The van der Waals surface area contributed by atoms with Crippen molar-refractivity contribution in [3.63, 3.8) is 0 Å². The van der Waals surface area contributed by atoms with Crippen LogP contribution in [0.2, 0.25) is 0 Å². The largest absolute Gasteiger partial charge is 0.487 e. The molecule has 1 aliphatic rings. The van der Waals surface area contributed by atoms with E-state index in [9.17, 15) is 0 Å². The fourth-order valence-corrected chi connectivity index (χ4v) is 1.85. The first-order valence-corrected chi connectivity index (χ1v) is 7.15. The van der Waals surface area contributed by atoms with Gasteiger partial charge in [-0.2, -0.15) is 0 Å². The Labute approximate surface area is 117 Å². The van der Waals surface area contributed by atoms with Gasteiger partial charge in [0.2, 0.25) is 0 Å². The van der Waals surface area contributed by atoms with Crippen molar-refractivity contribution >= 4 is 0 Å². The average molecular weight is 262 g/mol. The summed E-state index contributed by atoms with van der Waals surface area (Å²) in [5, 5.41) is 0. The smallest absolute Gasteiger partial charge is 0.162 e. The molecule has 0 amide bonds. The highest BCUT2D eigenvalue weighted by Gasteiger charge is 2.27. The Morgan fingerprint density at radius 3 is 2.05 bits per heavy atom. The average Bonchev–Trinajstić information content (AvgIpc) is 3.00. The summed E-state index contributed by atoms with van der Waals surface area (Å²) in [7, 11) is 0. The quantitative estimate of drug-likeness (QED) is 0.786. The number of benzene rings is 1. The lowest BCUT2D eigenvalue weighted by atomic mass is 9.87. The van der Waals surface area contributed by atoms with E-state index in [2.05, 4.69) is 59.7 Å². The molecule has 19 heavy (non-hydrogen) atoms. The minimum Gasteiger partial charge on any atom is -0.487 e. The van der Waals surface area contributed by atoms with Gasteiger partial charge in [0.15, 0.2) is 11.5 Å². The van der Waals surface area contributed by atoms with Gasteiger partial charge in [0.1, 0.15) is 5.60 Å². The molecule has 106 valence electrons. The normalized spacial score (nSPS) is 16.3. The number of rotatable bonds is 3. The Morgan fingerprint density at radius 2 is 1.58 bits per heavy atom. The van der Waals surface area contributed by atoms with E-state index in [-0.39, 0.29) is 11.0 Å². The van der Waals surface area contributed by atoms with E-state index in [1.165, 1.54) is 5.56 Å². The van der Waals surface area contributed by atoms with Crippen LogP contribution in [-0.4, -0.2) is 11.7 Å². The van der Waals surface area contributed by atoms with Crippen LogP contribution >= 0.6 is 0 Å². The summed E-state index contributed by atoms with van der Waals surface area (Å²) in [4.78, 5) is 0. The molecular weight excluding hydrogens is 236 g/mol. The molecule has 0 unspecified atom stereocenters. The Kier molecular flexibility index (Phi) is 3.55. The summed E-state index contributed by atoms with van der Waals surface area (Å²) in [6.45, 7) is 12.8.